The number of hydrogen-bond donors (Lipinski definition) is 1. The molecule has 0 saturated heterocycles. The molecule has 1 N–H and O–H groups in total. The molecule has 0 spiro atoms. The molecular weight excluding hydrogens is 304 g/mol. The van der Waals surface area contributed by atoms with Gasteiger partial charge in [-0.1, -0.05) is 30.3 Å². The zero-order chi connectivity index (χ0) is 17.5. The highest BCUT2D eigenvalue weighted by molar-refractivity contribution is 5.94. The van der Waals surface area contributed by atoms with E-state index in [9.17, 15) is 9.59 Å². The predicted octanol–water partition coefficient (Wildman–Crippen LogP) is 1.79. The Hall–Kier alpha value is -2.21. The van der Waals surface area contributed by atoms with Crippen LogP contribution in [0, 0.1) is 0 Å². The van der Waals surface area contributed by atoms with Crippen LogP contribution in [0.1, 0.15) is 37.3 Å². The lowest BCUT2D eigenvalue weighted by Gasteiger charge is -2.31. The van der Waals surface area contributed by atoms with Gasteiger partial charge in [0.25, 0.3) is 0 Å². The molecule has 1 aromatic carbocycles. The fraction of sp³-hybridized carbons (Fsp3) is 0.500. The average Bonchev–Trinajstić information content (AvgIpc) is 2.59. The predicted molar refractivity (Wildman–Crippen MR) is 94.6 cm³/mol. The quantitative estimate of drug-likeness (QED) is 0.829. The minimum absolute atomic E-state index is 0.0155. The molecule has 0 radical (unpaired) electrons. The highest BCUT2D eigenvalue weighted by Crippen LogP contribution is 2.21. The standard InChI is InChI=1S/C18H26N4O2/c1-21(2)13-16(14-7-5-4-6-8-14)22(3)18(24)12-10-15-9-11-17(23)20-19-15/h4-8,16H,9-13H2,1-3H3,(H,20,23). The van der Waals surface area contributed by atoms with E-state index in [0.717, 1.165) is 17.8 Å². The maximum atomic E-state index is 12.6. The normalized spacial score (nSPS) is 15.7. The Morgan fingerprint density at radius 3 is 2.50 bits per heavy atom. The van der Waals surface area contributed by atoms with Gasteiger partial charge in [0.05, 0.1) is 6.04 Å². The van der Waals surface area contributed by atoms with Crippen molar-refractivity contribution < 1.29 is 9.59 Å². The second kappa shape index (κ2) is 8.59. The first-order valence-electron chi connectivity index (χ1n) is 8.27. The molecule has 6 heteroatoms. The highest BCUT2D eigenvalue weighted by Gasteiger charge is 2.23. The summed E-state index contributed by atoms with van der Waals surface area (Å²) >= 11 is 0. The Bertz CT molecular complexity index is 598. The topological polar surface area (TPSA) is 65.0 Å². The Kier molecular flexibility index (Phi) is 6.49. The van der Waals surface area contributed by atoms with E-state index in [1.54, 1.807) is 0 Å². The monoisotopic (exact) mass is 330 g/mol. The maximum Gasteiger partial charge on any atom is 0.240 e. The van der Waals surface area contributed by atoms with Gasteiger partial charge >= 0.3 is 0 Å². The van der Waals surface area contributed by atoms with E-state index >= 15 is 0 Å². The van der Waals surface area contributed by atoms with Gasteiger partial charge < -0.3 is 9.80 Å². The highest BCUT2D eigenvalue weighted by atomic mass is 16.2. The lowest BCUT2D eigenvalue weighted by atomic mass is 10.0. The van der Waals surface area contributed by atoms with E-state index in [1.165, 1.54) is 0 Å². The summed E-state index contributed by atoms with van der Waals surface area (Å²) in [4.78, 5) is 27.6. The van der Waals surface area contributed by atoms with Gasteiger partial charge in [0.2, 0.25) is 11.8 Å². The van der Waals surface area contributed by atoms with Crippen LogP contribution >= 0.6 is 0 Å². The SMILES string of the molecule is CN(C)CC(c1ccccc1)N(C)C(=O)CCC1=NNC(=O)CC1. The molecule has 1 aliphatic heterocycles. The van der Waals surface area contributed by atoms with E-state index in [4.69, 9.17) is 0 Å². The number of benzene rings is 1. The Balaban J connectivity index is 1.99. The molecule has 2 rings (SSSR count). The number of hydrogen-bond acceptors (Lipinski definition) is 4. The third kappa shape index (κ3) is 5.16. The third-order valence-corrected chi connectivity index (χ3v) is 4.19. The number of likely N-dealkylation sites (N-methyl/N-ethyl adjacent to an activating group) is 2. The molecule has 6 nitrogen and oxygen atoms in total. The zero-order valence-corrected chi connectivity index (χ0v) is 14.7. The number of hydrazone groups is 1. The minimum atomic E-state index is -0.0580. The van der Waals surface area contributed by atoms with Crippen molar-refractivity contribution in [3.8, 4) is 0 Å². The molecule has 0 aromatic heterocycles. The van der Waals surface area contributed by atoms with Crippen LogP contribution in [0.2, 0.25) is 0 Å². The van der Waals surface area contributed by atoms with Gasteiger partial charge in [-0.25, -0.2) is 5.43 Å². The van der Waals surface area contributed by atoms with Crippen LogP contribution < -0.4 is 5.43 Å². The molecule has 1 heterocycles. The van der Waals surface area contributed by atoms with E-state index in [1.807, 2.05) is 44.2 Å². The number of carbonyl (C=O) groups is 2. The zero-order valence-electron chi connectivity index (χ0n) is 14.7. The van der Waals surface area contributed by atoms with Crippen molar-refractivity contribution in [3.05, 3.63) is 35.9 Å². The first-order valence-corrected chi connectivity index (χ1v) is 8.27. The van der Waals surface area contributed by atoms with Gasteiger partial charge in [-0.15, -0.1) is 0 Å². The average molecular weight is 330 g/mol. The van der Waals surface area contributed by atoms with Crippen LogP contribution in [0.4, 0.5) is 0 Å². The number of rotatable bonds is 7. The van der Waals surface area contributed by atoms with E-state index in [-0.39, 0.29) is 17.9 Å². The van der Waals surface area contributed by atoms with Crippen LogP contribution in [0.5, 0.6) is 0 Å². The lowest BCUT2D eigenvalue weighted by molar-refractivity contribution is -0.132. The van der Waals surface area contributed by atoms with Gasteiger partial charge in [-0.3, -0.25) is 9.59 Å². The molecule has 2 amide bonds. The van der Waals surface area contributed by atoms with Crippen molar-refractivity contribution in [3.63, 3.8) is 0 Å². The molecular formula is C18H26N4O2. The number of amides is 2. The van der Waals surface area contributed by atoms with Gasteiger partial charge in [0.15, 0.2) is 0 Å². The maximum absolute atomic E-state index is 12.6. The van der Waals surface area contributed by atoms with Gasteiger partial charge in [0.1, 0.15) is 0 Å². The van der Waals surface area contributed by atoms with Crippen LogP contribution in [0.25, 0.3) is 0 Å². The molecule has 0 aliphatic carbocycles. The van der Waals surface area contributed by atoms with Crippen molar-refractivity contribution in [1.82, 2.24) is 15.2 Å². The van der Waals surface area contributed by atoms with E-state index in [2.05, 4.69) is 27.6 Å². The molecule has 130 valence electrons. The number of nitrogens with one attached hydrogen (secondary N) is 1. The Morgan fingerprint density at radius 1 is 1.21 bits per heavy atom. The molecule has 1 aliphatic rings. The summed E-state index contributed by atoms with van der Waals surface area (Å²) in [7, 11) is 5.87. The lowest BCUT2D eigenvalue weighted by Crippen LogP contribution is -2.37. The summed E-state index contributed by atoms with van der Waals surface area (Å²) in [6, 6.07) is 10.1. The fourth-order valence-corrected chi connectivity index (χ4v) is 2.77. The van der Waals surface area contributed by atoms with Crippen molar-refractivity contribution >= 4 is 17.5 Å². The molecule has 0 fully saturated rings. The molecule has 1 atom stereocenters. The second-order valence-electron chi connectivity index (χ2n) is 6.41. The summed E-state index contributed by atoms with van der Waals surface area (Å²) in [6.07, 6.45) is 2.09. The molecule has 0 saturated carbocycles. The molecule has 24 heavy (non-hydrogen) atoms. The van der Waals surface area contributed by atoms with Crippen molar-refractivity contribution in [2.45, 2.75) is 31.7 Å². The minimum Gasteiger partial charge on any atom is -0.337 e. The summed E-state index contributed by atoms with van der Waals surface area (Å²) in [5.74, 6) is 0.0302. The van der Waals surface area contributed by atoms with E-state index < -0.39 is 0 Å². The summed E-state index contributed by atoms with van der Waals surface area (Å²) < 4.78 is 0. The van der Waals surface area contributed by atoms with Gasteiger partial charge in [-0.05, 0) is 32.5 Å². The van der Waals surface area contributed by atoms with Crippen LogP contribution in [-0.2, 0) is 9.59 Å². The van der Waals surface area contributed by atoms with Crippen molar-refractivity contribution in [2.75, 3.05) is 27.7 Å². The van der Waals surface area contributed by atoms with Gasteiger partial charge in [-0.2, -0.15) is 5.10 Å². The second-order valence-corrected chi connectivity index (χ2v) is 6.41. The Labute approximate surface area is 143 Å². The smallest absolute Gasteiger partial charge is 0.240 e. The summed E-state index contributed by atoms with van der Waals surface area (Å²) in [6.45, 7) is 0.767. The molecule has 1 unspecified atom stereocenters. The fourth-order valence-electron chi connectivity index (χ4n) is 2.77. The van der Waals surface area contributed by atoms with Crippen molar-refractivity contribution in [1.29, 1.82) is 0 Å². The first-order chi connectivity index (χ1) is 11.5. The summed E-state index contributed by atoms with van der Waals surface area (Å²) in [5, 5.41) is 4.03. The van der Waals surface area contributed by atoms with Crippen LogP contribution in [0.3, 0.4) is 0 Å². The molecule has 0 bridgehead atoms. The number of nitrogens with zero attached hydrogens (tertiary/aromatic N) is 3. The summed E-state index contributed by atoms with van der Waals surface area (Å²) in [5.41, 5.74) is 4.50. The van der Waals surface area contributed by atoms with Crippen molar-refractivity contribution in [2.24, 2.45) is 5.10 Å². The van der Waals surface area contributed by atoms with Gasteiger partial charge in [0, 0.05) is 32.1 Å². The largest absolute Gasteiger partial charge is 0.337 e. The Morgan fingerprint density at radius 2 is 1.92 bits per heavy atom. The van der Waals surface area contributed by atoms with Crippen LogP contribution in [-0.4, -0.2) is 55.0 Å². The van der Waals surface area contributed by atoms with Crippen LogP contribution in [0.15, 0.2) is 35.4 Å². The third-order valence-electron chi connectivity index (χ3n) is 4.19. The van der Waals surface area contributed by atoms with E-state index in [0.29, 0.717) is 25.7 Å². The molecule has 1 aromatic rings. The first kappa shape index (κ1) is 18.1. The number of carbonyl (C=O) groups excluding carboxylic acids is 2.